The summed E-state index contributed by atoms with van der Waals surface area (Å²) in [5.74, 6) is -1.20. The Balaban J connectivity index is 1.24. The summed E-state index contributed by atoms with van der Waals surface area (Å²) in [5, 5.41) is 10.1. The highest BCUT2D eigenvalue weighted by molar-refractivity contribution is 5.80. The van der Waals surface area contributed by atoms with Crippen molar-refractivity contribution in [3.63, 3.8) is 0 Å². The number of aryl methyl sites for hydroxylation is 1. The largest absolute Gasteiger partial charge is 0.389 e. The Labute approximate surface area is 196 Å². The van der Waals surface area contributed by atoms with Crippen molar-refractivity contribution >= 4 is 6.21 Å². The number of rotatable bonds is 6. The van der Waals surface area contributed by atoms with E-state index in [1.165, 1.54) is 12.1 Å². The number of halogens is 5. The number of aromatic amines is 1. The van der Waals surface area contributed by atoms with E-state index in [1.807, 2.05) is 0 Å². The molecule has 0 saturated heterocycles. The number of nitrogens with one attached hydrogen (secondary N) is 1. The molecule has 1 aliphatic heterocycles. The smallest absolute Gasteiger partial charge is 0.359 e. The van der Waals surface area contributed by atoms with Gasteiger partial charge in [0.25, 0.3) is 0 Å². The number of hydrazone groups is 1. The van der Waals surface area contributed by atoms with Crippen LogP contribution in [0.3, 0.4) is 0 Å². The van der Waals surface area contributed by atoms with Crippen LogP contribution in [0.2, 0.25) is 0 Å². The van der Waals surface area contributed by atoms with Crippen LogP contribution in [0.4, 0.5) is 22.0 Å². The third kappa shape index (κ3) is 5.08. The van der Waals surface area contributed by atoms with Crippen molar-refractivity contribution in [2.75, 3.05) is 0 Å². The molecule has 0 radical (unpaired) electrons. The van der Waals surface area contributed by atoms with Gasteiger partial charge in [-0.25, -0.2) is 13.8 Å². The van der Waals surface area contributed by atoms with Crippen LogP contribution < -0.4 is 0 Å². The standard InChI is InChI=1S/C24H18F5N5O/c25-18-3-1-2-17(22(18)26)23-31-20-11-30-34(13-21(20)32-23)12-16-10-19(33-35-16)15-6-4-14(5-7-15)8-9-24(27,28)29/h1-7,10-11H,8-9,12-13H2,(H,31,32). The molecule has 0 aliphatic carbocycles. The van der Waals surface area contributed by atoms with Gasteiger partial charge in [-0.05, 0) is 24.1 Å². The molecule has 1 aliphatic rings. The summed E-state index contributed by atoms with van der Waals surface area (Å²) in [6.07, 6.45) is -3.59. The van der Waals surface area contributed by atoms with Crippen molar-refractivity contribution in [3.05, 3.63) is 82.9 Å². The molecule has 6 nitrogen and oxygen atoms in total. The molecular formula is C24H18F5N5O. The molecule has 11 heteroatoms. The van der Waals surface area contributed by atoms with Gasteiger partial charge in [-0.15, -0.1) is 0 Å². The fourth-order valence-corrected chi connectivity index (χ4v) is 3.75. The van der Waals surface area contributed by atoms with Crippen LogP contribution >= 0.6 is 0 Å². The average Bonchev–Trinajstić information content (AvgIpc) is 3.46. The van der Waals surface area contributed by atoms with Gasteiger partial charge in [0.2, 0.25) is 0 Å². The summed E-state index contributed by atoms with van der Waals surface area (Å²) in [6.45, 7) is 0.590. The third-order valence-corrected chi connectivity index (χ3v) is 5.54. The fraction of sp³-hybridized carbons (Fsp3) is 0.208. The highest BCUT2D eigenvalue weighted by atomic mass is 19.4. The van der Waals surface area contributed by atoms with E-state index in [0.29, 0.717) is 40.5 Å². The lowest BCUT2D eigenvalue weighted by Crippen LogP contribution is -2.21. The summed E-state index contributed by atoms with van der Waals surface area (Å²) in [5.41, 5.74) is 3.10. The molecule has 0 spiro atoms. The van der Waals surface area contributed by atoms with E-state index in [1.54, 1.807) is 41.6 Å². The molecule has 4 aromatic rings. The van der Waals surface area contributed by atoms with Crippen molar-refractivity contribution < 1.29 is 26.5 Å². The molecule has 0 atom stereocenters. The van der Waals surface area contributed by atoms with E-state index >= 15 is 0 Å². The zero-order valence-corrected chi connectivity index (χ0v) is 18.1. The van der Waals surface area contributed by atoms with E-state index in [0.717, 1.165) is 6.07 Å². The number of fused-ring (bicyclic) bond motifs is 1. The summed E-state index contributed by atoms with van der Waals surface area (Å²) in [7, 11) is 0. The second-order valence-corrected chi connectivity index (χ2v) is 8.10. The van der Waals surface area contributed by atoms with Crippen molar-refractivity contribution in [1.82, 2.24) is 20.1 Å². The zero-order valence-electron chi connectivity index (χ0n) is 18.1. The first kappa shape index (κ1) is 22.8. The predicted molar refractivity (Wildman–Crippen MR) is 117 cm³/mol. The van der Waals surface area contributed by atoms with Crippen LogP contribution in [0.15, 0.2) is 58.2 Å². The summed E-state index contributed by atoms with van der Waals surface area (Å²) in [4.78, 5) is 7.35. The molecular weight excluding hydrogens is 469 g/mol. The van der Waals surface area contributed by atoms with E-state index in [9.17, 15) is 22.0 Å². The van der Waals surface area contributed by atoms with Crippen LogP contribution in [0.5, 0.6) is 0 Å². The van der Waals surface area contributed by atoms with Crippen molar-refractivity contribution in [1.29, 1.82) is 0 Å². The van der Waals surface area contributed by atoms with Crippen LogP contribution in [-0.2, 0) is 19.5 Å². The Bertz CT molecular complexity index is 1370. The predicted octanol–water partition coefficient (Wildman–Crippen LogP) is 5.85. The molecule has 5 rings (SSSR count). The minimum Gasteiger partial charge on any atom is -0.359 e. The highest BCUT2D eigenvalue weighted by Gasteiger charge is 2.26. The number of H-pyrrole nitrogens is 1. The number of alkyl halides is 3. The van der Waals surface area contributed by atoms with E-state index in [2.05, 4.69) is 20.2 Å². The first-order valence-corrected chi connectivity index (χ1v) is 10.7. The molecule has 180 valence electrons. The van der Waals surface area contributed by atoms with Crippen LogP contribution in [0.1, 0.15) is 29.1 Å². The van der Waals surface area contributed by atoms with Crippen LogP contribution in [0, 0.1) is 11.6 Å². The Morgan fingerprint density at radius 1 is 1.06 bits per heavy atom. The topological polar surface area (TPSA) is 70.3 Å². The second kappa shape index (κ2) is 8.97. The molecule has 2 aromatic carbocycles. The van der Waals surface area contributed by atoms with Crippen molar-refractivity contribution in [2.45, 2.75) is 32.1 Å². The Hall–Kier alpha value is -4.02. The lowest BCUT2D eigenvalue weighted by atomic mass is 10.1. The molecule has 0 amide bonds. The summed E-state index contributed by atoms with van der Waals surface area (Å²) >= 11 is 0. The van der Waals surface area contributed by atoms with Crippen molar-refractivity contribution in [2.24, 2.45) is 5.10 Å². The number of nitrogens with zero attached hydrogens (tertiary/aromatic N) is 4. The fourth-order valence-electron chi connectivity index (χ4n) is 3.75. The van der Waals surface area contributed by atoms with Gasteiger partial charge in [0, 0.05) is 18.1 Å². The Morgan fingerprint density at radius 3 is 2.63 bits per heavy atom. The monoisotopic (exact) mass is 487 g/mol. The van der Waals surface area contributed by atoms with Gasteiger partial charge in [0.05, 0.1) is 36.3 Å². The van der Waals surface area contributed by atoms with Gasteiger partial charge in [0.15, 0.2) is 17.4 Å². The molecule has 0 fully saturated rings. The Morgan fingerprint density at radius 2 is 1.86 bits per heavy atom. The van der Waals surface area contributed by atoms with Gasteiger partial charge in [0.1, 0.15) is 11.5 Å². The molecule has 2 aromatic heterocycles. The minimum absolute atomic E-state index is 0.0312. The third-order valence-electron chi connectivity index (χ3n) is 5.54. The quantitative estimate of drug-likeness (QED) is 0.346. The van der Waals surface area contributed by atoms with Gasteiger partial charge in [-0.2, -0.15) is 18.3 Å². The molecule has 0 unspecified atom stereocenters. The number of benzene rings is 2. The lowest BCUT2D eigenvalue weighted by Gasteiger charge is -2.19. The van der Waals surface area contributed by atoms with Gasteiger partial charge in [-0.1, -0.05) is 35.5 Å². The zero-order chi connectivity index (χ0) is 24.6. The van der Waals surface area contributed by atoms with Crippen LogP contribution in [-0.4, -0.2) is 32.5 Å². The van der Waals surface area contributed by atoms with Gasteiger partial charge >= 0.3 is 6.18 Å². The molecule has 1 N–H and O–H groups in total. The first-order chi connectivity index (χ1) is 16.7. The van der Waals surface area contributed by atoms with E-state index in [-0.39, 0.29) is 24.4 Å². The van der Waals surface area contributed by atoms with Crippen LogP contribution in [0.25, 0.3) is 22.6 Å². The number of hydrogen-bond donors (Lipinski definition) is 1. The normalized spacial score (nSPS) is 13.3. The van der Waals surface area contributed by atoms with Gasteiger partial charge in [-0.3, -0.25) is 5.01 Å². The summed E-state index contributed by atoms with van der Waals surface area (Å²) in [6, 6.07) is 12.3. The lowest BCUT2D eigenvalue weighted by molar-refractivity contribution is -0.133. The Kier molecular flexibility index (Phi) is 5.83. The van der Waals surface area contributed by atoms with E-state index < -0.39 is 24.2 Å². The SMILES string of the molecule is Fc1cccc(-c2nc3c([nH]2)C=NN(Cc2cc(-c4ccc(CCC(F)(F)F)cc4)no2)C3)c1F. The first-order valence-electron chi connectivity index (χ1n) is 10.7. The van der Waals surface area contributed by atoms with Crippen molar-refractivity contribution in [3.8, 4) is 22.6 Å². The molecule has 0 saturated carbocycles. The number of hydrogen-bond acceptors (Lipinski definition) is 5. The maximum Gasteiger partial charge on any atom is 0.389 e. The second-order valence-electron chi connectivity index (χ2n) is 8.10. The minimum atomic E-state index is -4.19. The number of aromatic nitrogens is 3. The highest BCUT2D eigenvalue weighted by Crippen LogP contribution is 2.27. The molecule has 0 bridgehead atoms. The van der Waals surface area contributed by atoms with E-state index in [4.69, 9.17) is 4.52 Å². The molecule has 3 heterocycles. The van der Waals surface area contributed by atoms with Gasteiger partial charge < -0.3 is 9.51 Å². The summed E-state index contributed by atoms with van der Waals surface area (Å²) < 4.78 is 70.3. The number of imidazole rings is 1. The maximum absolute atomic E-state index is 14.1. The average molecular weight is 487 g/mol. The maximum atomic E-state index is 14.1. The molecule has 35 heavy (non-hydrogen) atoms.